The summed E-state index contributed by atoms with van der Waals surface area (Å²) in [6.45, 7) is 1.53. The van der Waals surface area contributed by atoms with Crippen molar-refractivity contribution in [2.45, 2.75) is 24.9 Å². The van der Waals surface area contributed by atoms with Crippen molar-refractivity contribution in [1.29, 1.82) is 0 Å². The molecule has 0 saturated heterocycles. The van der Waals surface area contributed by atoms with Gasteiger partial charge in [-0.15, -0.1) is 0 Å². The molecule has 6 aromatic rings. The molecular formula is C52H56N6O11. The molecule has 1 amide bonds. The molecule has 0 heterocycles. The third kappa shape index (κ3) is 16.0. The lowest BCUT2D eigenvalue weighted by atomic mass is 9.98. The number of hydrogen-bond acceptors (Lipinski definition) is 13. The van der Waals surface area contributed by atoms with Gasteiger partial charge in [0.1, 0.15) is 11.5 Å². The Bertz CT molecular complexity index is 2680. The Hall–Kier alpha value is -8.12. The highest BCUT2D eigenvalue weighted by molar-refractivity contribution is 5.97. The molecule has 0 bridgehead atoms. The number of nitrogens with two attached hydrogens (primary N) is 1. The fourth-order valence-corrected chi connectivity index (χ4v) is 7.42. The van der Waals surface area contributed by atoms with Gasteiger partial charge < -0.3 is 35.4 Å². The van der Waals surface area contributed by atoms with Crippen LogP contribution in [-0.4, -0.2) is 117 Å². The average molecular weight is 941 g/mol. The summed E-state index contributed by atoms with van der Waals surface area (Å²) in [7, 11) is 10.7. The van der Waals surface area contributed by atoms with Crippen molar-refractivity contribution in [3.63, 3.8) is 0 Å². The van der Waals surface area contributed by atoms with Crippen molar-refractivity contribution in [2.75, 3.05) is 55.5 Å². The number of carbonyl (C=O) groups is 4. The van der Waals surface area contributed by atoms with Crippen LogP contribution in [0, 0.1) is 20.2 Å². The molecule has 0 aliphatic heterocycles. The Morgan fingerprint density at radius 3 is 1.48 bits per heavy atom. The third-order valence-electron chi connectivity index (χ3n) is 10.3. The number of nitro benzene ring substituents is 2. The zero-order valence-electron chi connectivity index (χ0n) is 39.2. The fraction of sp³-hybridized carbons (Fsp3) is 0.231. The minimum atomic E-state index is -1.28. The Kier molecular flexibility index (Phi) is 20.4. The SMILES string of the molecule is CN(C)C[C@@H](N)Cc1ccccc1.COc1c(C=O)cccc1-c1cc(C(=O)N[C@@H](Cc2ccccc2)CN(C)C)cc([N+](=O)[O-])c1.COc1c(C=O)cccc1-c1cc(C(=O)O)cc([N+](=O)[O-])c1. The number of hydrogen-bond donors (Lipinski definition) is 3. The molecule has 4 N–H and O–H groups in total. The number of nitrogens with zero attached hydrogens (tertiary/aromatic N) is 4. The molecule has 0 aliphatic carbocycles. The van der Waals surface area contributed by atoms with Crippen molar-refractivity contribution in [3.8, 4) is 33.8 Å². The monoisotopic (exact) mass is 940 g/mol. The molecule has 6 rings (SSSR count). The minimum Gasteiger partial charge on any atom is -0.495 e. The van der Waals surface area contributed by atoms with Gasteiger partial charge in [-0.25, -0.2) is 4.79 Å². The van der Waals surface area contributed by atoms with Gasteiger partial charge in [0.05, 0.1) is 40.8 Å². The first-order valence-electron chi connectivity index (χ1n) is 21.5. The molecule has 0 fully saturated rings. The lowest BCUT2D eigenvalue weighted by molar-refractivity contribution is -0.385. The predicted octanol–water partition coefficient (Wildman–Crippen LogP) is 7.88. The minimum absolute atomic E-state index is 0.152. The van der Waals surface area contributed by atoms with E-state index in [1.807, 2.05) is 69.5 Å². The Morgan fingerprint density at radius 1 is 0.638 bits per heavy atom. The summed E-state index contributed by atoms with van der Waals surface area (Å²) in [5.74, 6) is -1.18. The summed E-state index contributed by atoms with van der Waals surface area (Å²) in [5, 5.41) is 34.7. The van der Waals surface area contributed by atoms with Gasteiger partial charge in [0.25, 0.3) is 17.3 Å². The summed E-state index contributed by atoms with van der Waals surface area (Å²) < 4.78 is 10.6. The van der Waals surface area contributed by atoms with Gasteiger partial charge in [-0.2, -0.15) is 0 Å². The maximum absolute atomic E-state index is 13.2. The lowest BCUT2D eigenvalue weighted by Crippen LogP contribution is -2.43. The van der Waals surface area contributed by atoms with E-state index in [1.165, 1.54) is 50.1 Å². The van der Waals surface area contributed by atoms with E-state index in [0.29, 0.717) is 53.5 Å². The van der Waals surface area contributed by atoms with E-state index in [2.05, 4.69) is 34.5 Å². The van der Waals surface area contributed by atoms with Crippen molar-refractivity contribution in [3.05, 3.63) is 187 Å². The molecule has 0 spiro atoms. The van der Waals surface area contributed by atoms with Crippen LogP contribution >= 0.6 is 0 Å². The highest BCUT2D eigenvalue weighted by atomic mass is 16.6. The van der Waals surface area contributed by atoms with Crippen LogP contribution in [0.3, 0.4) is 0 Å². The zero-order chi connectivity index (χ0) is 50.6. The number of aromatic carboxylic acids is 1. The Balaban J connectivity index is 0.000000252. The van der Waals surface area contributed by atoms with Gasteiger partial charge >= 0.3 is 5.97 Å². The van der Waals surface area contributed by atoms with Crippen molar-refractivity contribution < 1.29 is 43.6 Å². The standard InChI is InChI=1S/C26H27N3O5.C15H11NO6.C11H18N2/c1-28(2)16-22(12-18-8-5-4-6-9-18)27-26(31)21-13-20(14-23(15-21)29(32)33)24-11-7-10-19(17-30)25(24)34-3;1-22-14-9(8-17)3-2-4-13(14)10-5-11(15(18)19)7-12(6-10)16(20)21;1-13(2)9-11(12)8-10-6-4-3-5-7-10/h4-11,13-15,17,22H,12,16H2,1-3H3,(H,27,31);2-8H,1H3,(H,18,19);3-7,11H,8-9,12H2,1-2H3/t22-;;11-/m0.0/s1. The molecule has 17 heteroatoms. The summed E-state index contributed by atoms with van der Waals surface area (Å²) in [6, 6.07) is 37.6. The highest BCUT2D eigenvalue weighted by Gasteiger charge is 2.22. The molecule has 360 valence electrons. The topological polar surface area (TPSA) is 238 Å². The summed E-state index contributed by atoms with van der Waals surface area (Å²) in [6.07, 6.45) is 2.82. The van der Waals surface area contributed by atoms with Crippen LogP contribution in [0.4, 0.5) is 11.4 Å². The molecule has 0 saturated carbocycles. The number of rotatable bonds is 19. The number of methoxy groups -OCH3 is 2. The van der Waals surface area contributed by atoms with E-state index in [9.17, 15) is 39.4 Å². The number of nitro groups is 2. The van der Waals surface area contributed by atoms with Crippen LogP contribution in [0.25, 0.3) is 22.3 Å². The largest absolute Gasteiger partial charge is 0.495 e. The molecule has 0 aromatic heterocycles. The number of benzene rings is 6. The van der Waals surface area contributed by atoms with E-state index in [-0.39, 0.29) is 51.5 Å². The molecule has 0 radical (unpaired) electrons. The van der Waals surface area contributed by atoms with Crippen LogP contribution < -0.4 is 20.5 Å². The van der Waals surface area contributed by atoms with Crippen LogP contribution in [0.5, 0.6) is 11.5 Å². The van der Waals surface area contributed by atoms with E-state index in [4.69, 9.17) is 20.3 Å². The maximum atomic E-state index is 13.2. The van der Waals surface area contributed by atoms with E-state index in [1.54, 1.807) is 36.4 Å². The quantitative estimate of drug-likeness (QED) is 0.0398. The number of non-ortho nitro benzene ring substituents is 2. The van der Waals surface area contributed by atoms with Crippen LogP contribution in [-0.2, 0) is 12.8 Å². The molecule has 69 heavy (non-hydrogen) atoms. The Morgan fingerprint density at radius 2 is 1.07 bits per heavy atom. The molecular weight excluding hydrogens is 885 g/mol. The number of ether oxygens (including phenoxy) is 2. The number of aldehydes is 2. The number of carboxylic acid groups (broad SMARTS) is 1. The number of amides is 1. The number of likely N-dealkylation sites (N-methyl/N-ethyl adjacent to an activating group) is 2. The first-order chi connectivity index (χ1) is 33.0. The maximum Gasteiger partial charge on any atom is 0.335 e. The first-order valence-corrected chi connectivity index (χ1v) is 21.5. The number of carbonyl (C=O) groups excluding carboxylic acids is 3. The normalized spacial score (nSPS) is 11.4. The van der Waals surface area contributed by atoms with Crippen LogP contribution in [0.15, 0.2) is 133 Å². The second kappa shape index (κ2) is 26.3. The van der Waals surface area contributed by atoms with E-state index < -0.39 is 21.7 Å². The second-order valence-corrected chi connectivity index (χ2v) is 16.3. The zero-order valence-corrected chi connectivity index (χ0v) is 39.2. The van der Waals surface area contributed by atoms with Gasteiger partial charge in [0, 0.05) is 66.1 Å². The predicted molar refractivity (Wildman–Crippen MR) is 265 cm³/mol. The average Bonchev–Trinajstić information content (AvgIpc) is 3.33. The molecule has 17 nitrogen and oxygen atoms in total. The van der Waals surface area contributed by atoms with Gasteiger partial charge in [0.2, 0.25) is 0 Å². The van der Waals surface area contributed by atoms with Crippen LogP contribution in [0.1, 0.15) is 52.6 Å². The number of carboxylic acids is 1. The van der Waals surface area contributed by atoms with Gasteiger partial charge in [-0.1, -0.05) is 84.9 Å². The number of para-hydroxylation sites is 2. The molecule has 0 unspecified atom stereocenters. The summed E-state index contributed by atoms with van der Waals surface area (Å²) in [5.41, 5.74) is 9.87. The van der Waals surface area contributed by atoms with Crippen LogP contribution in [0.2, 0.25) is 0 Å². The van der Waals surface area contributed by atoms with Gasteiger partial charge in [0.15, 0.2) is 12.6 Å². The van der Waals surface area contributed by atoms with Gasteiger partial charge in [-0.3, -0.25) is 34.6 Å². The molecule has 2 atom stereocenters. The molecule has 6 aromatic carbocycles. The van der Waals surface area contributed by atoms with E-state index in [0.717, 1.165) is 24.6 Å². The lowest BCUT2D eigenvalue weighted by Gasteiger charge is -2.23. The van der Waals surface area contributed by atoms with E-state index >= 15 is 0 Å². The summed E-state index contributed by atoms with van der Waals surface area (Å²) >= 11 is 0. The molecule has 0 aliphatic rings. The fourth-order valence-electron chi connectivity index (χ4n) is 7.42. The number of nitrogens with one attached hydrogen (secondary N) is 1. The third-order valence-corrected chi connectivity index (χ3v) is 10.3. The second-order valence-electron chi connectivity index (χ2n) is 16.3. The first kappa shape index (κ1) is 53.5. The van der Waals surface area contributed by atoms with Crippen molar-refractivity contribution >= 4 is 35.8 Å². The van der Waals surface area contributed by atoms with Gasteiger partial charge in [-0.05, 0) is 87.6 Å². The smallest absolute Gasteiger partial charge is 0.335 e. The van der Waals surface area contributed by atoms with Crippen molar-refractivity contribution in [2.24, 2.45) is 5.73 Å². The van der Waals surface area contributed by atoms with Crippen molar-refractivity contribution in [1.82, 2.24) is 15.1 Å². The Labute approximate surface area is 400 Å². The summed E-state index contributed by atoms with van der Waals surface area (Å²) in [4.78, 5) is 72.3. The highest BCUT2D eigenvalue weighted by Crippen LogP contribution is 2.36.